The molecule has 0 bridgehead atoms. The number of hydrogen-bond acceptors (Lipinski definition) is 0. The van der Waals surface area contributed by atoms with Gasteiger partial charge in [-0.05, 0) is 45.9 Å². The highest BCUT2D eigenvalue weighted by Gasteiger charge is 2.37. The van der Waals surface area contributed by atoms with Crippen molar-refractivity contribution in [2.45, 2.75) is 26.2 Å². The molecule has 0 unspecified atom stereocenters. The van der Waals surface area contributed by atoms with Crippen molar-refractivity contribution in [2.24, 2.45) is 0 Å². The molecule has 1 heterocycles. The quantitative estimate of drug-likeness (QED) is 0.308. The van der Waals surface area contributed by atoms with E-state index in [1.54, 1.807) is 0 Å². The van der Waals surface area contributed by atoms with Crippen LogP contribution in [-0.4, -0.2) is 4.98 Å². The third-order valence-electron chi connectivity index (χ3n) is 7.03. The van der Waals surface area contributed by atoms with E-state index in [2.05, 4.69) is 117 Å². The molecule has 1 N–H and O–H groups in total. The molecule has 1 aromatic heterocycles. The molecule has 0 spiro atoms. The molecular formula is C30H25N. The van der Waals surface area contributed by atoms with Gasteiger partial charge in [-0.3, -0.25) is 0 Å². The van der Waals surface area contributed by atoms with E-state index in [9.17, 15) is 0 Å². The van der Waals surface area contributed by atoms with Crippen molar-refractivity contribution < 1.29 is 0 Å². The third-order valence-corrected chi connectivity index (χ3v) is 7.03. The number of nitrogens with one attached hydrogen (secondary N) is 1. The SMILES string of the molecule is Cc1c(-c2ccccc2-c2ccccc2)[nH]c2c3c(ccc12)-c1ccccc1C3(C)C. The predicted molar refractivity (Wildman–Crippen MR) is 131 cm³/mol. The fourth-order valence-corrected chi connectivity index (χ4v) is 5.51. The van der Waals surface area contributed by atoms with Crippen LogP contribution in [-0.2, 0) is 5.41 Å². The molecule has 0 saturated carbocycles. The Balaban J connectivity index is 1.64. The molecular weight excluding hydrogens is 374 g/mol. The number of hydrogen-bond donors (Lipinski definition) is 1. The predicted octanol–water partition coefficient (Wildman–Crippen LogP) is 8.12. The van der Waals surface area contributed by atoms with Crippen LogP contribution in [0.4, 0.5) is 0 Å². The Hall–Kier alpha value is -3.58. The second-order valence-electron chi connectivity index (χ2n) is 9.12. The third kappa shape index (κ3) is 2.50. The molecule has 4 aromatic carbocycles. The summed E-state index contributed by atoms with van der Waals surface area (Å²) in [5.41, 5.74) is 13.1. The minimum atomic E-state index is -0.0288. The molecule has 1 heteroatoms. The van der Waals surface area contributed by atoms with E-state index in [0.29, 0.717) is 0 Å². The first-order chi connectivity index (χ1) is 15.1. The van der Waals surface area contributed by atoms with Gasteiger partial charge < -0.3 is 4.98 Å². The molecule has 150 valence electrons. The molecule has 1 aliphatic rings. The van der Waals surface area contributed by atoms with E-state index in [1.165, 1.54) is 61.1 Å². The lowest BCUT2D eigenvalue weighted by molar-refractivity contribution is 0.665. The lowest BCUT2D eigenvalue weighted by Crippen LogP contribution is -2.15. The summed E-state index contributed by atoms with van der Waals surface area (Å²) >= 11 is 0. The summed E-state index contributed by atoms with van der Waals surface area (Å²) in [5.74, 6) is 0. The highest BCUT2D eigenvalue weighted by atomic mass is 14.7. The molecule has 0 saturated heterocycles. The van der Waals surface area contributed by atoms with Gasteiger partial charge >= 0.3 is 0 Å². The fraction of sp³-hybridized carbons (Fsp3) is 0.133. The van der Waals surface area contributed by atoms with Gasteiger partial charge in [-0.25, -0.2) is 0 Å². The number of rotatable bonds is 2. The van der Waals surface area contributed by atoms with Gasteiger partial charge in [0.1, 0.15) is 0 Å². The van der Waals surface area contributed by atoms with Gasteiger partial charge in [0.2, 0.25) is 0 Å². The maximum Gasteiger partial charge on any atom is 0.0509 e. The van der Waals surface area contributed by atoms with Crippen molar-refractivity contribution in [3.05, 3.63) is 108 Å². The number of benzene rings is 4. The van der Waals surface area contributed by atoms with E-state index < -0.39 is 0 Å². The van der Waals surface area contributed by atoms with E-state index in [-0.39, 0.29) is 5.41 Å². The largest absolute Gasteiger partial charge is 0.354 e. The number of fused-ring (bicyclic) bond motifs is 5. The maximum atomic E-state index is 3.88. The summed E-state index contributed by atoms with van der Waals surface area (Å²) in [4.78, 5) is 3.88. The number of aryl methyl sites for hydroxylation is 1. The van der Waals surface area contributed by atoms with Gasteiger partial charge in [0.05, 0.1) is 11.2 Å². The summed E-state index contributed by atoms with van der Waals surface area (Å²) in [6.07, 6.45) is 0. The van der Waals surface area contributed by atoms with Crippen LogP contribution in [0.15, 0.2) is 91.0 Å². The van der Waals surface area contributed by atoms with E-state index in [1.807, 2.05) is 0 Å². The molecule has 1 nitrogen and oxygen atoms in total. The average molecular weight is 400 g/mol. The lowest BCUT2D eigenvalue weighted by atomic mass is 9.81. The molecule has 0 aliphatic heterocycles. The van der Waals surface area contributed by atoms with Gasteiger partial charge in [0.15, 0.2) is 0 Å². The summed E-state index contributed by atoms with van der Waals surface area (Å²) in [6.45, 7) is 6.95. The molecule has 31 heavy (non-hydrogen) atoms. The maximum absolute atomic E-state index is 3.88. The zero-order chi connectivity index (χ0) is 21.2. The highest BCUT2D eigenvalue weighted by Crippen LogP contribution is 2.52. The summed E-state index contributed by atoms with van der Waals surface area (Å²) in [6, 6.07) is 32.9. The average Bonchev–Trinajstić information content (AvgIpc) is 3.26. The minimum Gasteiger partial charge on any atom is -0.354 e. The number of aromatic nitrogens is 1. The minimum absolute atomic E-state index is 0.0288. The molecule has 0 amide bonds. The fourth-order valence-electron chi connectivity index (χ4n) is 5.51. The van der Waals surface area contributed by atoms with Crippen LogP contribution in [0.5, 0.6) is 0 Å². The molecule has 0 radical (unpaired) electrons. The standard InChI is InChI=1S/C30H25N/c1-19-21-17-18-24-23-14-9-10-16-26(23)30(2,3)27(24)29(21)31-28(19)25-15-8-7-13-22(25)20-11-5-4-6-12-20/h4-18,31H,1-3H3. The van der Waals surface area contributed by atoms with Crippen LogP contribution < -0.4 is 0 Å². The first-order valence-electron chi connectivity index (χ1n) is 11.0. The Bertz CT molecular complexity index is 1450. The number of H-pyrrole nitrogens is 1. The van der Waals surface area contributed by atoms with Crippen molar-refractivity contribution in [1.29, 1.82) is 0 Å². The monoisotopic (exact) mass is 399 g/mol. The summed E-state index contributed by atoms with van der Waals surface area (Å²) < 4.78 is 0. The van der Waals surface area contributed by atoms with E-state index in [4.69, 9.17) is 0 Å². The number of aromatic amines is 1. The molecule has 1 aliphatic carbocycles. The molecule has 0 fully saturated rings. The zero-order valence-corrected chi connectivity index (χ0v) is 18.2. The normalized spacial score (nSPS) is 13.9. The van der Waals surface area contributed by atoms with Crippen molar-refractivity contribution in [3.63, 3.8) is 0 Å². The van der Waals surface area contributed by atoms with Gasteiger partial charge in [-0.1, -0.05) is 105 Å². The molecule has 6 rings (SSSR count). The Kier molecular flexibility index (Phi) is 3.79. The second kappa shape index (κ2) is 6.46. The Morgan fingerprint density at radius 2 is 1.26 bits per heavy atom. The van der Waals surface area contributed by atoms with Crippen molar-refractivity contribution in [2.75, 3.05) is 0 Å². The van der Waals surface area contributed by atoms with Crippen LogP contribution in [0.25, 0.3) is 44.4 Å². The molecule has 0 atom stereocenters. The van der Waals surface area contributed by atoms with E-state index in [0.717, 1.165) is 0 Å². The Labute approximate surface area is 183 Å². The van der Waals surface area contributed by atoms with Crippen molar-refractivity contribution >= 4 is 10.9 Å². The van der Waals surface area contributed by atoms with Crippen LogP contribution in [0.2, 0.25) is 0 Å². The van der Waals surface area contributed by atoms with Gasteiger partial charge in [0.25, 0.3) is 0 Å². The Morgan fingerprint density at radius 3 is 2.03 bits per heavy atom. The van der Waals surface area contributed by atoms with E-state index >= 15 is 0 Å². The van der Waals surface area contributed by atoms with Crippen molar-refractivity contribution in [3.8, 4) is 33.5 Å². The zero-order valence-electron chi connectivity index (χ0n) is 18.2. The molecule has 5 aromatic rings. The lowest BCUT2D eigenvalue weighted by Gasteiger charge is -2.22. The van der Waals surface area contributed by atoms with Gasteiger partial charge in [0, 0.05) is 16.4 Å². The van der Waals surface area contributed by atoms with Crippen LogP contribution in [0, 0.1) is 6.92 Å². The Morgan fingerprint density at radius 1 is 0.613 bits per heavy atom. The second-order valence-corrected chi connectivity index (χ2v) is 9.12. The highest BCUT2D eigenvalue weighted by molar-refractivity contribution is 6.01. The van der Waals surface area contributed by atoms with Crippen molar-refractivity contribution in [1.82, 2.24) is 4.98 Å². The first-order valence-corrected chi connectivity index (χ1v) is 11.0. The topological polar surface area (TPSA) is 15.8 Å². The first kappa shape index (κ1) is 18.2. The summed E-state index contributed by atoms with van der Waals surface area (Å²) in [7, 11) is 0. The van der Waals surface area contributed by atoms with Crippen LogP contribution in [0.1, 0.15) is 30.5 Å². The van der Waals surface area contributed by atoms with Gasteiger partial charge in [-0.15, -0.1) is 0 Å². The van der Waals surface area contributed by atoms with Gasteiger partial charge in [-0.2, -0.15) is 0 Å². The summed E-state index contributed by atoms with van der Waals surface area (Å²) in [5, 5.41) is 1.32. The van der Waals surface area contributed by atoms with Crippen LogP contribution >= 0.6 is 0 Å². The van der Waals surface area contributed by atoms with Crippen LogP contribution in [0.3, 0.4) is 0 Å². The smallest absolute Gasteiger partial charge is 0.0509 e.